The van der Waals surface area contributed by atoms with Crippen molar-refractivity contribution in [2.75, 3.05) is 6.54 Å². The third-order valence-electron chi connectivity index (χ3n) is 3.43. The van der Waals surface area contributed by atoms with Crippen LogP contribution in [0.3, 0.4) is 0 Å². The number of nitrogens with one attached hydrogen (secondary N) is 2. The molecule has 0 heterocycles. The Morgan fingerprint density at radius 1 is 1.36 bits per heavy atom. The van der Waals surface area contributed by atoms with Crippen LogP contribution in [0.4, 0.5) is 10.5 Å². The van der Waals surface area contributed by atoms with E-state index in [4.69, 9.17) is 0 Å². The number of aliphatic hydroxyl groups is 1. The summed E-state index contributed by atoms with van der Waals surface area (Å²) in [6.07, 6.45) is 1.34. The molecule has 0 spiro atoms. The van der Waals surface area contributed by atoms with Gasteiger partial charge in [-0.05, 0) is 24.8 Å². The third kappa shape index (κ3) is 5.69. The number of carbonyl (C=O) groups is 1. The van der Waals surface area contributed by atoms with Gasteiger partial charge in [0.25, 0.3) is 5.69 Å². The van der Waals surface area contributed by atoms with Crippen molar-refractivity contribution < 1.29 is 14.8 Å². The average molecular weight is 309 g/mol. The average Bonchev–Trinajstić information content (AvgIpc) is 2.52. The first-order valence-electron chi connectivity index (χ1n) is 7.44. The van der Waals surface area contributed by atoms with E-state index >= 15 is 0 Å². The Kier molecular flexibility index (Phi) is 7.31. The number of carbonyl (C=O) groups excluding carboxylic acids is 1. The van der Waals surface area contributed by atoms with Gasteiger partial charge in [0.05, 0.1) is 17.1 Å². The minimum Gasteiger partial charge on any atom is -0.393 e. The lowest BCUT2D eigenvalue weighted by Gasteiger charge is -2.18. The molecule has 0 fully saturated rings. The zero-order valence-corrected chi connectivity index (χ0v) is 12.9. The van der Waals surface area contributed by atoms with Crippen LogP contribution in [0.1, 0.15) is 44.7 Å². The molecule has 122 valence electrons. The number of nitro groups is 1. The molecule has 1 rings (SSSR count). The highest BCUT2D eigenvalue weighted by atomic mass is 16.6. The van der Waals surface area contributed by atoms with Gasteiger partial charge >= 0.3 is 6.03 Å². The van der Waals surface area contributed by atoms with Gasteiger partial charge in [-0.3, -0.25) is 10.1 Å². The maximum absolute atomic E-state index is 11.8. The van der Waals surface area contributed by atoms with Gasteiger partial charge in [0.2, 0.25) is 0 Å². The summed E-state index contributed by atoms with van der Waals surface area (Å²) in [5.74, 6) is 0. The Bertz CT molecular complexity index is 507. The first-order valence-corrected chi connectivity index (χ1v) is 7.44. The molecule has 2 unspecified atom stereocenters. The maximum atomic E-state index is 11.8. The normalized spacial score (nSPS) is 13.2. The number of non-ortho nitro benzene ring substituents is 1. The molecule has 3 N–H and O–H groups in total. The molecule has 0 aliphatic rings. The summed E-state index contributed by atoms with van der Waals surface area (Å²) < 4.78 is 0. The Balaban J connectivity index is 2.59. The fourth-order valence-electron chi connectivity index (χ4n) is 2.04. The molecule has 22 heavy (non-hydrogen) atoms. The predicted molar refractivity (Wildman–Crippen MR) is 83.6 cm³/mol. The topological polar surface area (TPSA) is 104 Å². The Labute approximate surface area is 129 Å². The molecule has 7 nitrogen and oxygen atoms in total. The van der Waals surface area contributed by atoms with E-state index in [0.29, 0.717) is 31.4 Å². The van der Waals surface area contributed by atoms with Crippen LogP contribution in [0.5, 0.6) is 0 Å². The highest BCUT2D eigenvalue weighted by molar-refractivity contribution is 5.74. The summed E-state index contributed by atoms with van der Waals surface area (Å²) in [5, 5.41) is 25.7. The van der Waals surface area contributed by atoms with Gasteiger partial charge < -0.3 is 15.7 Å². The molecule has 2 atom stereocenters. The SMILES string of the molecule is CCC(O)CCNC(=O)NC(CC)c1cccc([N+](=O)[O-])c1. The second-order valence-corrected chi connectivity index (χ2v) is 5.06. The fraction of sp³-hybridized carbons (Fsp3) is 0.533. The molecule has 0 aliphatic carbocycles. The lowest BCUT2D eigenvalue weighted by Crippen LogP contribution is -2.39. The van der Waals surface area contributed by atoms with Crippen molar-refractivity contribution in [1.29, 1.82) is 0 Å². The number of amides is 2. The summed E-state index contributed by atoms with van der Waals surface area (Å²) in [5.41, 5.74) is 0.699. The Morgan fingerprint density at radius 2 is 2.09 bits per heavy atom. The summed E-state index contributed by atoms with van der Waals surface area (Å²) in [7, 11) is 0. The Morgan fingerprint density at radius 3 is 2.68 bits per heavy atom. The van der Waals surface area contributed by atoms with E-state index in [9.17, 15) is 20.0 Å². The second kappa shape index (κ2) is 8.99. The van der Waals surface area contributed by atoms with Crippen LogP contribution in [0.2, 0.25) is 0 Å². The van der Waals surface area contributed by atoms with E-state index in [-0.39, 0.29) is 17.8 Å². The summed E-state index contributed by atoms with van der Waals surface area (Å²) in [6.45, 7) is 4.15. The quantitative estimate of drug-likeness (QED) is 0.507. The van der Waals surface area contributed by atoms with Crippen LogP contribution in [0.25, 0.3) is 0 Å². The van der Waals surface area contributed by atoms with E-state index in [2.05, 4.69) is 10.6 Å². The predicted octanol–water partition coefficient (Wildman–Crippen LogP) is 2.51. The van der Waals surface area contributed by atoms with Crippen molar-refractivity contribution in [1.82, 2.24) is 10.6 Å². The molecule has 0 bridgehead atoms. The molecular weight excluding hydrogens is 286 g/mol. The molecule has 7 heteroatoms. The number of nitro benzene ring substituents is 1. The molecular formula is C15H23N3O4. The number of rotatable bonds is 8. The number of hydrogen-bond donors (Lipinski definition) is 3. The van der Waals surface area contributed by atoms with Gasteiger partial charge in [-0.15, -0.1) is 0 Å². The van der Waals surface area contributed by atoms with Crippen LogP contribution >= 0.6 is 0 Å². The Hall–Kier alpha value is -2.15. The minimum absolute atomic E-state index is 0.00391. The minimum atomic E-state index is -0.456. The molecule has 0 saturated heterocycles. The monoisotopic (exact) mass is 309 g/mol. The number of nitrogens with zero attached hydrogens (tertiary/aromatic N) is 1. The van der Waals surface area contributed by atoms with Crippen molar-refractivity contribution in [3.8, 4) is 0 Å². The van der Waals surface area contributed by atoms with Gasteiger partial charge in [-0.25, -0.2) is 4.79 Å². The third-order valence-corrected chi connectivity index (χ3v) is 3.43. The zero-order chi connectivity index (χ0) is 16.5. The fourth-order valence-corrected chi connectivity index (χ4v) is 2.04. The summed E-state index contributed by atoms with van der Waals surface area (Å²) in [6, 6.07) is 5.60. The van der Waals surface area contributed by atoms with Crippen LogP contribution in [0.15, 0.2) is 24.3 Å². The van der Waals surface area contributed by atoms with Crippen molar-refractivity contribution >= 4 is 11.7 Å². The smallest absolute Gasteiger partial charge is 0.315 e. The van der Waals surface area contributed by atoms with Crippen LogP contribution in [-0.2, 0) is 0 Å². The van der Waals surface area contributed by atoms with Crippen molar-refractivity contribution in [2.45, 2.75) is 45.3 Å². The number of benzene rings is 1. The first kappa shape index (κ1) is 17.9. The van der Waals surface area contributed by atoms with Gasteiger partial charge in [-0.1, -0.05) is 26.0 Å². The highest BCUT2D eigenvalue weighted by Crippen LogP contribution is 2.21. The van der Waals surface area contributed by atoms with Crippen LogP contribution < -0.4 is 10.6 Å². The van der Waals surface area contributed by atoms with E-state index < -0.39 is 11.0 Å². The molecule has 2 amide bonds. The van der Waals surface area contributed by atoms with E-state index in [1.807, 2.05) is 13.8 Å². The van der Waals surface area contributed by atoms with Gasteiger partial charge in [0, 0.05) is 18.7 Å². The number of urea groups is 1. The molecule has 0 aliphatic heterocycles. The van der Waals surface area contributed by atoms with Gasteiger partial charge in [0.15, 0.2) is 0 Å². The number of aliphatic hydroxyl groups excluding tert-OH is 1. The summed E-state index contributed by atoms with van der Waals surface area (Å²) in [4.78, 5) is 22.2. The highest BCUT2D eigenvalue weighted by Gasteiger charge is 2.15. The van der Waals surface area contributed by atoms with Crippen LogP contribution in [-0.4, -0.2) is 28.7 Å². The molecule has 0 aromatic heterocycles. The van der Waals surface area contributed by atoms with E-state index in [1.165, 1.54) is 12.1 Å². The molecule has 0 radical (unpaired) electrons. The molecule has 1 aromatic carbocycles. The first-order chi connectivity index (χ1) is 10.5. The lowest BCUT2D eigenvalue weighted by atomic mass is 10.0. The van der Waals surface area contributed by atoms with Crippen molar-refractivity contribution in [3.05, 3.63) is 39.9 Å². The second-order valence-electron chi connectivity index (χ2n) is 5.06. The number of hydrogen-bond acceptors (Lipinski definition) is 4. The van der Waals surface area contributed by atoms with Gasteiger partial charge in [-0.2, -0.15) is 0 Å². The standard InChI is InChI=1S/C15H23N3O4/c1-3-13(19)8-9-16-15(20)17-14(4-2)11-6-5-7-12(10-11)18(21)22/h5-7,10,13-14,19H,3-4,8-9H2,1-2H3,(H2,16,17,20). The van der Waals surface area contributed by atoms with Gasteiger partial charge in [0.1, 0.15) is 0 Å². The molecule has 0 saturated carbocycles. The van der Waals surface area contributed by atoms with Crippen molar-refractivity contribution in [3.63, 3.8) is 0 Å². The maximum Gasteiger partial charge on any atom is 0.315 e. The zero-order valence-electron chi connectivity index (χ0n) is 12.9. The lowest BCUT2D eigenvalue weighted by molar-refractivity contribution is -0.384. The van der Waals surface area contributed by atoms with Crippen LogP contribution in [0, 0.1) is 10.1 Å². The largest absolute Gasteiger partial charge is 0.393 e. The summed E-state index contributed by atoms with van der Waals surface area (Å²) >= 11 is 0. The van der Waals surface area contributed by atoms with Crippen molar-refractivity contribution in [2.24, 2.45) is 0 Å². The van der Waals surface area contributed by atoms with E-state index in [0.717, 1.165) is 0 Å². The van der Waals surface area contributed by atoms with E-state index in [1.54, 1.807) is 12.1 Å². The molecule has 1 aromatic rings.